The molecule has 3 aromatic rings. The van der Waals surface area contributed by atoms with Crippen LogP contribution in [0.2, 0.25) is 0 Å². The summed E-state index contributed by atoms with van der Waals surface area (Å²) in [6.07, 6.45) is 0.734. The van der Waals surface area contributed by atoms with E-state index in [4.69, 9.17) is 4.42 Å². The van der Waals surface area contributed by atoms with Crippen LogP contribution >= 0.6 is 11.3 Å². The molecule has 3 rings (SSSR count). The van der Waals surface area contributed by atoms with Crippen molar-refractivity contribution < 1.29 is 9.21 Å². The van der Waals surface area contributed by atoms with Crippen LogP contribution in [0.3, 0.4) is 0 Å². The number of benzene rings is 1. The molecular formula is C15H13N3O2S. The maximum Gasteiger partial charge on any atom is 0.257 e. The van der Waals surface area contributed by atoms with Crippen LogP contribution in [-0.2, 0) is 11.2 Å². The molecule has 0 aliphatic rings. The number of hydrogen-bond acceptors (Lipinski definition) is 5. The molecule has 0 aliphatic carbocycles. The predicted octanol–water partition coefficient (Wildman–Crippen LogP) is 3.37. The molecule has 0 saturated carbocycles. The Morgan fingerprint density at radius 1 is 1.14 bits per heavy atom. The van der Waals surface area contributed by atoms with Crippen molar-refractivity contribution in [1.29, 1.82) is 0 Å². The van der Waals surface area contributed by atoms with E-state index in [-0.39, 0.29) is 5.91 Å². The number of amides is 1. The van der Waals surface area contributed by atoms with E-state index in [1.165, 1.54) is 11.3 Å². The number of anilines is 1. The molecule has 1 N–H and O–H groups in total. The standard InChI is InChI=1S/C15H13N3O2S/c19-13(16-11-5-2-1-3-6-11)8-9-14-17-18-15(20-14)12-7-4-10-21-12/h1-7,10H,8-9H2,(H,16,19). The molecular weight excluding hydrogens is 286 g/mol. The summed E-state index contributed by atoms with van der Waals surface area (Å²) in [4.78, 5) is 12.8. The summed E-state index contributed by atoms with van der Waals surface area (Å²) in [5.74, 6) is 0.905. The van der Waals surface area contributed by atoms with Gasteiger partial charge in [0.1, 0.15) is 0 Å². The number of carbonyl (C=O) groups excluding carboxylic acids is 1. The minimum Gasteiger partial charge on any atom is -0.420 e. The lowest BCUT2D eigenvalue weighted by Gasteiger charge is -2.03. The minimum absolute atomic E-state index is 0.0722. The summed E-state index contributed by atoms with van der Waals surface area (Å²) in [5.41, 5.74) is 0.785. The van der Waals surface area contributed by atoms with Gasteiger partial charge >= 0.3 is 0 Å². The van der Waals surface area contributed by atoms with Crippen LogP contribution in [0.4, 0.5) is 5.69 Å². The van der Waals surface area contributed by atoms with E-state index >= 15 is 0 Å². The molecule has 0 bridgehead atoms. The molecule has 1 amide bonds. The number of nitrogens with one attached hydrogen (secondary N) is 1. The number of hydrogen-bond donors (Lipinski definition) is 1. The highest BCUT2D eigenvalue weighted by Crippen LogP contribution is 2.23. The van der Waals surface area contributed by atoms with Gasteiger partial charge < -0.3 is 9.73 Å². The number of carbonyl (C=O) groups is 1. The lowest BCUT2D eigenvalue weighted by Crippen LogP contribution is -2.12. The van der Waals surface area contributed by atoms with E-state index in [0.717, 1.165) is 10.6 Å². The van der Waals surface area contributed by atoms with Crippen LogP contribution in [0.25, 0.3) is 10.8 Å². The molecule has 2 heterocycles. The van der Waals surface area contributed by atoms with Crippen molar-refractivity contribution >= 4 is 22.9 Å². The van der Waals surface area contributed by atoms with E-state index in [2.05, 4.69) is 15.5 Å². The van der Waals surface area contributed by atoms with Gasteiger partial charge in [0.05, 0.1) is 4.88 Å². The first-order valence-electron chi connectivity index (χ1n) is 6.52. The van der Waals surface area contributed by atoms with E-state index < -0.39 is 0 Å². The zero-order chi connectivity index (χ0) is 14.5. The van der Waals surface area contributed by atoms with Gasteiger partial charge in [-0.15, -0.1) is 21.5 Å². The zero-order valence-corrected chi connectivity index (χ0v) is 12.0. The van der Waals surface area contributed by atoms with Crippen molar-refractivity contribution in [3.05, 3.63) is 53.7 Å². The Kier molecular flexibility index (Phi) is 4.07. The lowest BCUT2D eigenvalue weighted by molar-refractivity contribution is -0.116. The van der Waals surface area contributed by atoms with Gasteiger partial charge in [0.25, 0.3) is 5.89 Å². The largest absolute Gasteiger partial charge is 0.420 e. The number of aromatic nitrogens is 2. The number of nitrogens with zero attached hydrogens (tertiary/aromatic N) is 2. The number of para-hydroxylation sites is 1. The smallest absolute Gasteiger partial charge is 0.257 e. The maximum atomic E-state index is 11.8. The van der Waals surface area contributed by atoms with Crippen LogP contribution in [0.1, 0.15) is 12.3 Å². The topological polar surface area (TPSA) is 68.0 Å². The van der Waals surface area contributed by atoms with Gasteiger partial charge in [-0.2, -0.15) is 0 Å². The molecule has 0 saturated heterocycles. The highest BCUT2D eigenvalue weighted by Gasteiger charge is 2.11. The Morgan fingerprint density at radius 2 is 2.00 bits per heavy atom. The van der Waals surface area contributed by atoms with E-state index in [9.17, 15) is 4.79 Å². The maximum absolute atomic E-state index is 11.8. The molecule has 0 atom stereocenters. The van der Waals surface area contributed by atoms with Gasteiger partial charge in [-0.25, -0.2) is 0 Å². The van der Waals surface area contributed by atoms with Gasteiger partial charge in [0.15, 0.2) is 0 Å². The van der Waals surface area contributed by atoms with Gasteiger partial charge in [-0.05, 0) is 23.6 Å². The van der Waals surface area contributed by atoms with E-state index in [0.29, 0.717) is 24.6 Å². The van der Waals surface area contributed by atoms with Gasteiger partial charge in [-0.1, -0.05) is 24.3 Å². The molecule has 0 unspecified atom stereocenters. The molecule has 106 valence electrons. The molecule has 6 heteroatoms. The fourth-order valence-corrected chi connectivity index (χ4v) is 2.46. The normalized spacial score (nSPS) is 10.5. The number of thiophene rings is 1. The molecule has 0 aliphatic heterocycles. The van der Waals surface area contributed by atoms with Crippen molar-refractivity contribution in [2.45, 2.75) is 12.8 Å². The third-order valence-corrected chi connectivity index (χ3v) is 3.68. The van der Waals surface area contributed by atoms with Crippen LogP contribution in [0.15, 0.2) is 52.3 Å². The van der Waals surface area contributed by atoms with Crippen molar-refractivity contribution in [2.75, 3.05) is 5.32 Å². The predicted molar refractivity (Wildman–Crippen MR) is 81.0 cm³/mol. The highest BCUT2D eigenvalue weighted by atomic mass is 32.1. The lowest BCUT2D eigenvalue weighted by atomic mass is 10.2. The summed E-state index contributed by atoms with van der Waals surface area (Å²) < 4.78 is 5.54. The van der Waals surface area contributed by atoms with Crippen molar-refractivity contribution in [2.24, 2.45) is 0 Å². The Morgan fingerprint density at radius 3 is 2.76 bits per heavy atom. The van der Waals surface area contributed by atoms with Crippen molar-refractivity contribution in [3.63, 3.8) is 0 Å². The summed E-state index contributed by atoms with van der Waals surface area (Å²) in [5, 5.41) is 12.7. The first-order chi connectivity index (χ1) is 10.3. The fourth-order valence-electron chi connectivity index (χ4n) is 1.82. The quantitative estimate of drug-likeness (QED) is 0.784. The molecule has 2 aromatic heterocycles. The summed E-state index contributed by atoms with van der Waals surface area (Å²) in [7, 11) is 0. The Labute approximate surface area is 125 Å². The zero-order valence-electron chi connectivity index (χ0n) is 11.2. The first-order valence-corrected chi connectivity index (χ1v) is 7.40. The molecule has 5 nitrogen and oxygen atoms in total. The van der Waals surface area contributed by atoms with Gasteiger partial charge in [-0.3, -0.25) is 4.79 Å². The van der Waals surface area contributed by atoms with Crippen molar-refractivity contribution in [1.82, 2.24) is 10.2 Å². The number of aryl methyl sites for hydroxylation is 1. The van der Waals surface area contributed by atoms with Crippen LogP contribution in [0, 0.1) is 0 Å². The second kappa shape index (κ2) is 6.32. The summed E-state index contributed by atoms with van der Waals surface area (Å²) >= 11 is 1.54. The Bertz CT molecular complexity index is 708. The van der Waals surface area contributed by atoms with Crippen LogP contribution in [0.5, 0.6) is 0 Å². The molecule has 0 radical (unpaired) electrons. The third kappa shape index (κ3) is 3.55. The highest BCUT2D eigenvalue weighted by molar-refractivity contribution is 7.13. The molecule has 21 heavy (non-hydrogen) atoms. The summed E-state index contributed by atoms with van der Waals surface area (Å²) in [6.45, 7) is 0. The molecule has 1 aromatic carbocycles. The fraction of sp³-hybridized carbons (Fsp3) is 0.133. The average molecular weight is 299 g/mol. The van der Waals surface area contributed by atoms with Gasteiger partial charge in [0.2, 0.25) is 11.8 Å². The molecule has 0 spiro atoms. The van der Waals surface area contributed by atoms with E-state index in [1.807, 2.05) is 47.8 Å². The van der Waals surface area contributed by atoms with Crippen LogP contribution in [-0.4, -0.2) is 16.1 Å². The monoisotopic (exact) mass is 299 g/mol. The Balaban J connectivity index is 1.54. The molecule has 0 fully saturated rings. The second-order valence-corrected chi connectivity index (χ2v) is 5.34. The third-order valence-electron chi connectivity index (χ3n) is 2.82. The number of rotatable bonds is 5. The van der Waals surface area contributed by atoms with Gasteiger partial charge in [0, 0.05) is 18.5 Å². The SMILES string of the molecule is O=C(CCc1nnc(-c2cccs2)o1)Nc1ccccc1. The van der Waals surface area contributed by atoms with Crippen molar-refractivity contribution in [3.8, 4) is 10.8 Å². The second-order valence-electron chi connectivity index (χ2n) is 4.39. The first kappa shape index (κ1) is 13.5. The van der Waals surface area contributed by atoms with Crippen LogP contribution < -0.4 is 5.32 Å². The van der Waals surface area contributed by atoms with E-state index in [1.54, 1.807) is 0 Å². The Hall–Kier alpha value is -2.47. The summed E-state index contributed by atoms with van der Waals surface area (Å²) in [6, 6.07) is 13.2. The minimum atomic E-state index is -0.0722. The average Bonchev–Trinajstić information content (AvgIpc) is 3.17.